The van der Waals surface area contributed by atoms with Gasteiger partial charge < -0.3 is 0 Å². The number of hydrogen-bond acceptors (Lipinski definition) is 1. The van der Waals surface area contributed by atoms with Crippen LogP contribution >= 0.6 is 11.8 Å². The molecular weight excluding hydrogens is 147 g/mol. The fourth-order valence-corrected chi connectivity index (χ4v) is 2.25. The molecule has 0 amide bonds. The first-order valence-electron chi connectivity index (χ1n) is 4.01. The van der Waals surface area contributed by atoms with E-state index in [1.165, 1.54) is 31.0 Å². The molecule has 0 saturated heterocycles. The van der Waals surface area contributed by atoms with Crippen LogP contribution in [0.3, 0.4) is 0 Å². The molecule has 0 N–H and O–H groups in total. The molecule has 1 fully saturated rings. The van der Waals surface area contributed by atoms with Crippen LogP contribution in [0.2, 0.25) is 0 Å². The maximum atomic E-state index is 13.0. The van der Waals surface area contributed by atoms with Crippen molar-refractivity contribution in [2.75, 3.05) is 6.26 Å². The highest BCUT2D eigenvalue weighted by Gasteiger charge is 2.21. The molecule has 0 aliphatic heterocycles. The van der Waals surface area contributed by atoms with Crippen molar-refractivity contribution in [3.8, 4) is 0 Å². The highest BCUT2D eigenvalue weighted by atomic mass is 32.2. The molecule has 2 heteroatoms. The Morgan fingerprint density at radius 3 is 2.40 bits per heavy atom. The minimum Gasteiger partial charge on any atom is -0.235 e. The number of rotatable bonds is 2. The molecule has 1 atom stereocenters. The lowest BCUT2D eigenvalue weighted by atomic mass is 9.90. The van der Waals surface area contributed by atoms with Crippen molar-refractivity contribution in [1.82, 2.24) is 0 Å². The zero-order valence-electron chi connectivity index (χ0n) is 6.48. The van der Waals surface area contributed by atoms with Gasteiger partial charge in [-0.2, -0.15) is 0 Å². The molecule has 1 saturated carbocycles. The van der Waals surface area contributed by atoms with Crippen molar-refractivity contribution in [1.29, 1.82) is 0 Å². The van der Waals surface area contributed by atoms with Gasteiger partial charge in [-0.05, 0) is 25.0 Å². The van der Waals surface area contributed by atoms with Crippen LogP contribution in [-0.4, -0.2) is 11.8 Å². The van der Waals surface area contributed by atoms with E-state index in [2.05, 4.69) is 0 Å². The lowest BCUT2D eigenvalue weighted by Gasteiger charge is -2.23. The van der Waals surface area contributed by atoms with Crippen molar-refractivity contribution < 1.29 is 4.39 Å². The molecule has 1 aliphatic carbocycles. The largest absolute Gasteiger partial charge is 0.235 e. The van der Waals surface area contributed by atoms with E-state index < -0.39 is 5.50 Å². The Kier molecular flexibility index (Phi) is 3.53. The lowest BCUT2D eigenvalue weighted by molar-refractivity contribution is 0.254. The molecule has 1 aliphatic rings. The smallest absolute Gasteiger partial charge is 0.148 e. The van der Waals surface area contributed by atoms with E-state index in [4.69, 9.17) is 0 Å². The number of alkyl halides is 1. The van der Waals surface area contributed by atoms with Crippen LogP contribution in [0, 0.1) is 5.92 Å². The predicted molar refractivity (Wildman–Crippen MR) is 45.0 cm³/mol. The zero-order valence-corrected chi connectivity index (χ0v) is 7.29. The van der Waals surface area contributed by atoms with E-state index in [-0.39, 0.29) is 0 Å². The highest BCUT2D eigenvalue weighted by molar-refractivity contribution is 7.99. The van der Waals surface area contributed by atoms with Crippen molar-refractivity contribution >= 4 is 11.8 Å². The molecule has 10 heavy (non-hydrogen) atoms. The fourth-order valence-electron chi connectivity index (χ4n) is 1.59. The Morgan fingerprint density at radius 2 is 1.90 bits per heavy atom. The Labute approximate surface area is 66.6 Å². The third kappa shape index (κ3) is 2.15. The van der Waals surface area contributed by atoms with Crippen LogP contribution in [0.25, 0.3) is 0 Å². The second kappa shape index (κ2) is 4.22. The second-order valence-corrected chi connectivity index (χ2v) is 3.91. The molecule has 1 unspecified atom stereocenters. The molecular formula is C8H15FS. The molecule has 0 spiro atoms. The Morgan fingerprint density at radius 1 is 1.30 bits per heavy atom. The van der Waals surface area contributed by atoms with Crippen LogP contribution < -0.4 is 0 Å². The van der Waals surface area contributed by atoms with Crippen molar-refractivity contribution in [2.24, 2.45) is 5.92 Å². The van der Waals surface area contributed by atoms with Crippen LogP contribution in [0.1, 0.15) is 32.1 Å². The Hall–Kier alpha value is 0.280. The maximum absolute atomic E-state index is 13.0. The summed E-state index contributed by atoms with van der Waals surface area (Å²) >= 11 is 1.36. The average molecular weight is 162 g/mol. The number of hydrogen-bond donors (Lipinski definition) is 0. The van der Waals surface area contributed by atoms with Gasteiger partial charge in [0.05, 0.1) is 0 Å². The lowest BCUT2D eigenvalue weighted by Crippen LogP contribution is -2.15. The van der Waals surface area contributed by atoms with Gasteiger partial charge in [-0.1, -0.05) is 19.3 Å². The third-order valence-electron chi connectivity index (χ3n) is 2.25. The predicted octanol–water partition coefficient (Wildman–Crippen LogP) is 3.23. The minimum absolute atomic E-state index is 0.365. The first kappa shape index (κ1) is 8.38. The normalized spacial score (nSPS) is 24.6. The van der Waals surface area contributed by atoms with Crippen LogP contribution in [0.5, 0.6) is 0 Å². The van der Waals surface area contributed by atoms with E-state index >= 15 is 0 Å². The Balaban J connectivity index is 2.24. The fraction of sp³-hybridized carbons (Fsp3) is 1.00. The Bertz CT molecular complexity index is 89.3. The van der Waals surface area contributed by atoms with Gasteiger partial charge in [-0.15, -0.1) is 11.8 Å². The third-order valence-corrected chi connectivity index (χ3v) is 3.08. The molecule has 0 nitrogen and oxygen atoms in total. The standard InChI is InChI=1S/C8H15FS/c1-10-8(9)7-5-3-2-4-6-7/h7-8H,2-6H2,1H3. The van der Waals surface area contributed by atoms with Gasteiger partial charge in [0.2, 0.25) is 0 Å². The van der Waals surface area contributed by atoms with Gasteiger partial charge in [-0.25, -0.2) is 4.39 Å². The van der Waals surface area contributed by atoms with Gasteiger partial charge in [-0.3, -0.25) is 0 Å². The van der Waals surface area contributed by atoms with E-state index in [1.54, 1.807) is 0 Å². The minimum atomic E-state index is -0.597. The summed E-state index contributed by atoms with van der Waals surface area (Å²) in [6.07, 6.45) is 7.89. The average Bonchev–Trinajstić information content (AvgIpc) is 2.05. The molecule has 0 heterocycles. The highest BCUT2D eigenvalue weighted by Crippen LogP contribution is 2.32. The molecule has 0 aromatic heterocycles. The first-order chi connectivity index (χ1) is 4.84. The quantitative estimate of drug-likeness (QED) is 0.600. The van der Waals surface area contributed by atoms with Gasteiger partial charge >= 0.3 is 0 Å². The van der Waals surface area contributed by atoms with Crippen molar-refractivity contribution in [3.05, 3.63) is 0 Å². The molecule has 0 aromatic carbocycles. The summed E-state index contributed by atoms with van der Waals surface area (Å²) in [6, 6.07) is 0. The van der Waals surface area contributed by atoms with E-state index in [0.717, 1.165) is 12.8 Å². The summed E-state index contributed by atoms with van der Waals surface area (Å²) < 4.78 is 13.0. The van der Waals surface area contributed by atoms with Crippen molar-refractivity contribution in [3.63, 3.8) is 0 Å². The summed E-state index contributed by atoms with van der Waals surface area (Å²) in [7, 11) is 0. The van der Waals surface area contributed by atoms with Crippen LogP contribution in [0.15, 0.2) is 0 Å². The summed E-state index contributed by atoms with van der Waals surface area (Å²) in [5, 5.41) is 0. The monoisotopic (exact) mass is 162 g/mol. The van der Waals surface area contributed by atoms with Gasteiger partial charge in [0.25, 0.3) is 0 Å². The summed E-state index contributed by atoms with van der Waals surface area (Å²) in [5.41, 5.74) is -0.597. The first-order valence-corrected chi connectivity index (χ1v) is 5.30. The molecule has 0 radical (unpaired) electrons. The van der Waals surface area contributed by atoms with Crippen molar-refractivity contribution in [2.45, 2.75) is 37.6 Å². The molecule has 0 aromatic rings. The SMILES string of the molecule is CSC(F)C1CCCCC1. The number of thioether (sulfide) groups is 1. The van der Waals surface area contributed by atoms with E-state index in [9.17, 15) is 4.39 Å². The maximum Gasteiger partial charge on any atom is 0.148 e. The van der Waals surface area contributed by atoms with Gasteiger partial charge in [0, 0.05) is 0 Å². The topological polar surface area (TPSA) is 0 Å². The van der Waals surface area contributed by atoms with E-state index in [1.807, 2.05) is 6.26 Å². The summed E-state index contributed by atoms with van der Waals surface area (Å²) in [4.78, 5) is 0. The zero-order chi connectivity index (χ0) is 7.40. The second-order valence-electron chi connectivity index (χ2n) is 2.98. The van der Waals surface area contributed by atoms with Gasteiger partial charge in [0.15, 0.2) is 0 Å². The molecule has 1 rings (SSSR count). The van der Waals surface area contributed by atoms with Crippen LogP contribution in [0.4, 0.5) is 4.39 Å². The van der Waals surface area contributed by atoms with E-state index in [0.29, 0.717) is 5.92 Å². The van der Waals surface area contributed by atoms with Crippen LogP contribution in [-0.2, 0) is 0 Å². The molecule has 60 valence electrons. The molecule has 0 bridgehead atoms. The summed E-state index contributed by atoms with van der Waals surface area (Å²) in [6.45, 7) is 0. The summed E-state index contributed by atoms with van der Waals surface area (Å²) in [5.74, 6) is 0.365. The number of halogens is 1. The van der Waals surface area contributed by atoms with Gasteiger partial charge in [0.1, 0.15) is 5.50 Å².